The Hall–Kier alpha value is -2.30. The van der Waals surface area contributed by atoms with Crippen LogP contribution in [0.1, 0.15) is 39.5 Å². The molecule has 0 aromatic carbocycles. The predicted octanol–water partition coefficient (Wildman–Crippen LogP) is -0.181. The fourth-order valence-electron chi connectivity index (χ4n) is 2.38. The van der Waals surface area contributed by atoms with Crippen molar-refractivity contribution < 1.29 is 34.2 Å². The number of amides is 3. The molecule has 0 aliphatic heterocycles. The van der Waals surface area contributed by atoms with Gasteiger partial charge in [0.2, 0.25) is 18.2 Å². The molecule has 0 aromatic heterocycles. The zero-order valence-electron chi connectivity index (χ0n) is 16.3. The van der Waals surface area contributed by atoms with E-state index in [1.165, 1.54) is 11.8 Å². The van der Waals surface area contributed by atoms with Gasteiger partial charge in [0, 0.05) is 6.42 Å². The van der Waals surface area contributed by atoms with Crippen molar-refractivity contribution in [3.05, 3.63) is 0 Å². The van der Waals surface area contributed by atoms with Crippen LogP contribution in [0.15, 0.2) is 0 Å². The van der Waals surface area contributed by atoms with Gasteiger partial charge in [-0.05, 0) is 37.2 Å². The van der Waals surface area contributed by atoms with E-state index in [4.69, 9.17) is 5.11 Å². The molecule has 0 aliphatic carbocycles. The monoisotopic (exact) mass is 419 g/mol. The van der Waals surface area contributed by atoms with Crippen LogP contribution in [-0.4, -0.2) is 70.5 Å². The SMILES string of the molecule is CSCC[C@H](NC=O)C(=O)N[C@H](CC(C)C)C(=O)N[C@@H](CCC(=O)O)C(=O)O. The number of carbonyl (C=O) groups is 5. The third-order valence-corrected chi connectivity index (χ3v) is 4.44. The van der Waals surface area contributed by atoms with Gasteiger partial charge in [-0.25, -0.2) is 4.79 Å². The molecule has 0 rings (SSSR count). The molecular formula is C17H29N3O7S. The van der Waals surface area contributed by atoms with Gasteiger partial charge in [0.15, 0.2) is 0 Å². The Morgan fingerprint density at radius 1 is 0.964 bits per heavy atom. The smallest absolute Gasteiger partial charge is 0.326 e. The highest BCUT2D eigenvalue weighted by atomic mass is 32.2. The van der Waals surface area contributed by atoms with Crippen molar-refractivity contribution in [1.82, 2.24) is 16.0 Å². The molecule has 0 heterocycles. The normalized spacial score (nSPS) is 13.9. The van der Waals surface area contributed by atoms with Crippen molar-refractivity contribution in [3.8, 4) is 0 Å². The summed E-state index contributed by atoms with van der Waals surface area (Å²) in [5.74, 6) is -3.15. The summed E-state index contributed by atoms with van der Waals surface area (Å²) < 4.78 is 0. The fourth-order valence-corrected chi connectivity index (χ4v) is 2.85. The average Bonchev–Trinajstić information content (AvgIpc) is 2.60. The zero-order valence-corrected chi connectivity index (χ0v) is 17.1. The first-order chi connectivity index (χ1) is 13.1. The molecule has 0 radical (unpaired) electrons. The van der Waals surface area contributed by atoms with E-state index < -0.39 is 48.3 Å². The number of nitrogens with one attached hydrogen (secondary N) is 3. The van der Waals surface area contributed by atoms with E-state index >= 15 is 0 Å². The van der Waals surface area contributed by atoms with Crippen molar-refractivity contribution in [2.24, 2.45) is 5.92 Å². The first kappa shape index (κ1) is 25.7. The molecule has 160 valence electrons. The number of aliphatic carboxylic acids is 2. The number of carboxylic acids is 2. The average molecular weight is 420 g/mol. The van der Waals surface area contributed by atoms with Gasteiger partial charge in [-0.3, -0.25) is 19.2 Å². The zero-order chi connectivity index (χ0) is 21.7. The van der Waals surface area contributed by atoms with Crippen LogP contribution in [0.2, 0.25) is 0 Å². The second-order valence-corrected chi connectivity index (χ2v) is 7.63. The Labute approximate surface area is 168 Å². The van der Waals surface area contributed by atoms with Crippen LogP contribution in [0.3, 0.4) is 0 Å². The molecule has 10 nitrogen and oxygen atoms in total. The first-order valence-electron chi connectivity index (χ1n) is 8.86. The predicted molar refractivity (Wildman–Crippen MR) is 104 cm³/mol. The maximum atomic E-state index is 12.5. The van der Waals surface area contributed by atoms with E-state index in [1.807, 2.05) is 20.1 Å². The van der Waals surface area contributed by atoms with Crippen molar-refractivity contribution in [2.75, 3.05) is 12.0 Å². The second-order valence-electron chi connectivity index (χ2n) is 6.64. The summed E-state index contributed by atoms with van der Waals surface area (Å²) in [7, 11) is 0. The molecule has 3 amide bonds. The maximum absolute atomic E-state index is 12.5. The highest BCUT2D eigenvalue weighted by Crippen LogP contribution is 2.08. The number of carboxylic acid groups (broad SMARTS) is 2. The van der Waals surface area contributed by atoms with E-state index in [2.05, 4.69) is 16.0 Å². The lowest BCUT2D eigenvalue weighted by atomic mass is 10.0. The van der Waals surface area contributed by atoms with E-state index in [1.54, 1.807) is 0 Å². The van der Waals surface area contributed by atoms with Gasteiger partial charge in [-0.15, -0.1) is 0 Å². The Morgan fingerprint density at radius 3 is 2.00 bits per heavy atom. The summed E-state index contributed by atoms with van der Waals surface area (Å²) >= 11 is 1.50. The summed E-state index contributed by atoms with van der Waals surface area (Å²) in [6.45, 7) is 3.67. The molecule has 0 saturated heterocycles. The van der Waals surface area contributed by atoms with Crippen molar-refractivity contribution in [1.29, 1.82) is 0 Å². The maximum Gasteiger partial charge on any atom is 0.326 e. The summed E-state index contributed by atoms with van der Waals surface area (Å²) in [6, 6.07) is -3.20. The lowest BCUT2D eigenvalue weighted by Crippen LogP contribution is -2.55. The Balaban J connectivity index is 5.17. The lowest BCUT2D eigenvalue weighted by molar-refractivity contribution is -0.143. The summed E-state index contributed by atoms with van der Waals surface area (Å²) in [6.07, 6.45) is 2.19. The molecule has 0 fully saturated rings. The molecule has 11 heteroatoms. The van der Waals surface area contributed by atoms with Gasteiger partial charge in [0.1, 0.15) is 18.1 Å². The number of thioether (sulfide) groups is 1. The number of hydrogen-bond donors (Lipinski definition) is 5. The van der Waals surface area contributed by atoms with Gasteiger partial charge in [0.05, 0.1) is 0 Å². The summed E-state index contributed by atoms with van der Waals surface area (Å²) in [5, 5.41) is 25.2. The second kappa shape index (κ2) is 13.8. The Kier molecular flexibility index (Phi) is 12.7. The molecule has 5 N–H and O–H groups in total. The number of hydrogen-bond acceptors (Lipinski definition) is 6. The standard InChI is InChI=1S/C17H29N3O7S/c1-10(2)8-13(20-15(24)11(18-9-21)6-7-28-3)16(25)19-12(17(26)27)4-5-14(22)23/h9-13H,4-8H2,1-3H3,(H,18,21)(H,19,25)(H,20,24)(H,22,23)(H,26,27)/t11-,12-,13+/m0/s1. The van der Waals surface area contributed by atoms with Gasteiger partial charge >= 0.3 is 11.9 Å². The molecule has 0 saturated carbocycles. The van der Waals surface area contributed by atoms with Gasteiger partial charge in [-0.2, -0.15) is 11.8 Å². The molecular weight excluding hydrogens is 390 g/mol. The number of carbonyl (C=O) groups excluding carboxylic acids is 3. The van der Waals surface area contributed by atoms with Crippen LogP contribution in [0.25, 0.3) is 0 Å². The van der Waals surface area contributed by atoms with Crippen LogP contribution in [0.4, 0.5) is 0 Å². The third-order valence-electron chi connectivity index (χ3n) is 3.80. The van der Waals surface area contributed by atoms with Crippen LogP contribution in [0.5, 0.6) is 0 Å². The minimum absolute atomic E-state index is 0.0158. The van der Waals surface area contributed by atoms with Crippen LogP contribution >= 0.6 is 11.8 Å². The molecule has 0 unspecified atom stereocenters. The van der Waals surface area contributed by atoms with Crippen molar-refractivity contribution in [2.45, 2.75) is 57.7 Å². The summed E-state index contributed by atoms with van der Waals surface area (Å²) in [4.78, 5) is 57.7. The lowest BCUT2D eigenvalue weighted by Gasteiger charge is -2.24. The van der Waals surface area contributed by atoms with Crippen LogP contribution in [-0.2, 0) is 24.0 Å². The Bertz CT molecular complexity index is 557. The molecule has 0 aliphatic rings. The van der Waals surface area contributed by atoms with Crippen LogP contribution in [0, 0.1) is 5.92 Å². The van der Waals surface area contributed by atoms with Crippen molar-refractivity contribution in [3.63, 3.8) is 0 Å². The third kappa shape index (κ3) is 10.8. The molecule has 0 bridgehead atoms. The molecule has 28 heavy (non-hydrogen) atoms. The molecule has 0 aromatic rings. The molecule has 3 atom stereocenters. The Morgan fingerprint density at radius 2 is 1.54 bits per heavy atom. The fraction of sp³-hybridized carbons (Fsp3) is 0.706. The van der Waals surface area contributed by atoms with Crippen molar-refractivity contribution >= 4 is 41.9 Å². The van der Waals surface area contributed by atoms with E-state index in [0.717, 1.165) is 0 Å². The van der Waals surface area contributed by atoms with Crippen LogP contribution < -0.4 is 16.0 Å². The van der Waals surface area contributed by atoms with Gasteiger partial charge in [0.25, 0.3) is 0 Å². The minimum atomic E-state index is -1.38. The quantitative estimate of drug-likeness (QED) is 0.228. The summed E-state index contributed by atoms with van der Waals surface area (Å²) in [5.41, 5.74) is 0. The van der Waals surface area contributed by atoms with E-state index in [9.17, 15) is 29.1 Å². The first-order valence-corrected chi connectivity index (χ1v) is 10.3. The van der Waals surface area contributed by atoms with E-state index in [-0.39, 0.29) is 18.8 Å². The minimum Gasteiger partial charge on any atom is -0.481 e. The molecule has 0 spiro atoms. The largest absolute Gasteiger partial charge is 0.481 e. The highest BCUT2D eigenvalue weighted by molar-refractivity contribution is 7.98. The van der Waals surface area contributed by atoms with Gasteiger partial charge in [-0.1, -0.05) is 13.8 Å². The number of rotatable bonds is 15. The highest BCUT2D eigenvalue weighted by Gasteiger charge is 2.29. The topological polar surface area (TPSA) is 162 Å². The van der Waals surface area contributed by atoms with Gasteiger partial charge < -0.3 is 26.2 Å². The van der Waals surface area contributed by atoms with E-state index in [0.29, 0.717) is 18.6 Å².